The van der Waals surface area contributed by atoms with Crippen LogP contribution >= 0.6 is 0 Å². The molecule has 22 heavy (non-hydrogen) atoms. The second-order valence-corrected chi connectivity index (χ2v) is 6.10. The Morgan fingerprint density at radius 2 is 2.09 bits per heavy atom. The van der Waals surface area contributed by atoms with E-state index in [0.717, 1.165) is 37.9 Å². The molecule has 0 radical (unpaired) electrons. The minimum Gasteiger partial charge on any atom is -0.396 e. The molecule has 5 heteroatoms. The number of aromatic nitrogens is 2. The average Bonchev–Trinajstić information content (AvgIpc) is 3.04. The largest absolute Gasteiger partial charge is 0.396 e. The summed E-state index contributed by atoms with van der Waals surface area (Å²) in [4.78, 5) is 6.89. The molecule has 5 nitrogen and oxygen atoms in total. The third kappa shape index (κ3) is 3.54. The molecule has 1 saturated heterocycles. The lowest BCUT2D eigenvalue weighted by molar-refractivity contribution is 0.0821. The lowest BCUT2D eigenvalue weighted by atomic mass is 9.94. The number of nitrogens with zero attached hydrogens (tertiary/aromatic N) is 3. The Morgan fingerprint density at radius 1 is 1.27 bits per heavy atom. The Balaban J connectivity index is 1.59. The highest BCUT2D eigenvalue weighted by atomic mass is 16.5. The zero-order valence-electron chi connectivity index (χ0n) is 13.0. The van der Waals surface area contributed by atoms with Gasteiger partial charge in [0, 0.05) is 37.7 Å². The lowest BCUT2D eigenvalue weighted by Gasteiger charge is -2.37. The summed E-state index contributed by atoms with van der Waals surface area (Å²) in [5.74, 6) is 1.73. The molecule has 3 rings (SSSR count). The van der Waals surface area contributed by atoms with Gasteiger partial charge in [-0.25, -0.2) is 0 Å². The highest BCUT2D eigenvalue weighted by molar-refractivity contribution is 5.53. The van der Waals surface area contributed by atoms with Gasteiger partial charge in [0.25, 0.3) is 0 Å². The summed E-state index contributed by atoms with van der Waals surface area (Å²) in [6.45, 7) is 4.38. The predicted molar refractivity (Wildman–Crippen MR) is 84.3 cm³/mol. The van der Waals surface area contributed by atoms with E-state index >= 15 is 0 Å². The van der Waals surface area contributed by atoms with Crippen molar-refractivity contribution in [3.8, 4) is 11.4 Å². The maximum absolute atomic E-state index is 9.34. The number of piperidine rings is 1. The smallest absolute Gasteiger partial charge is 0.228 e. The Labute approximate surface area is 131 Å². The van der Waals surface area contributed by atoms with E-state index in [1.807, 2.05) is 30.3 Å². The molecule has 1 aromatic heterocycles. The molecule has 1 aromatic carbocycles. The van der Waals surface area contributed by atoms with Crippen molar-refractivity contribution in [1.82, 2.24) is 15.0 Å². The first-order chi connectivity index (χ1) is 10.8. The molecule has 1 N–H and O–H groups in total. The van der Waals surface area contributed by atoms with Crippen molar-refractivity contribution in [2.24, 2.45) is 5.92 Å². The predicted octanol–water partition coefficient (Wildman–Crippen LogP) is 2.37. The van der Waals surface area contributed by atoms with Gasteiger partial charge in [-0.15, -0.1) is 0 Å². The first-order valence-electron chi connectivity index (χ1n) is 7.99. The van der Waals surface area contributed by atoms with Gasteiger partial charge in [0.1, 0.15) is 0 Å². The Kier molecular flexibility index (Phi) is 4.85. The fraction of sp³-hybridized carbons (Fsp3) is 0.529. The molecule has 0 aliphatic carbocycles. The molecule has 118 valence electrons. The molecule has 2 heterocycles. The van der Waals surface area contributed by atoms with Gasteiger partial charge < -0.3 is 9.63 Å². The Hall–Kier alpha value is -1.72. The molecule has 0 bridgehead atoms. The zero-order chi connectivity index (χ0) is 15.4. The molecule has 0 saturated carbocycles. The third-order valence-corrected chi connectivity index (χ3v) is 4.48. The number of aliphatic hydroxyl groups excluding tert-OH is 1. The monoisotopic (exact) mass is 301 g/mol. The van der Waals surface area contributed by atoms with Crippen molar-refractivity contribution in [3.63, 3.8) is 0 Å². The van der Waals surface area contributed by atoms with Crippen LogP contribution in [0.15, 0.2) is 34.9 Å². The van der Waals surface area contributed by atoms with E-state index in [0.29, 0.717) is 23.7 Å². The standard InChI is InChI=1S/C17H23N3O2/c1-13-7-8-14(12-21)11-20(13)10-9-16-18-17(19-22-16)15-5-3-2-4-6-15/h2-6,13-14,21H,7-12H2,1H3. The van der Waals surface area contributed by atoms with E-state index in [9.17, 15) is 5.11 Å². The molecule has 0 amide bonds. The van der Waals surface area contributed by atoms with Crippen LogP contribution in [0.1, 0.15) is 25.7 Å². The molecule has 1 aliphatic rings. The normalized spacial score (nSPS) is 22.8. The van der Waals surface area contributed by atoms with Crippen molar-refractivity contribution in [3.05, 3.63) is 36.2 Å². The van der Waals surface area contributed by atoms with E-state index in [-0.39, 0.29) is 6.61 Å². The van der Waals surface area contributed by atoms with Crippen molar-refractivity contribution in [1.29, 1.82) is 0 Å². The van der Waals surface area contributed by atoms with Gasteiger partial charge in [-0.1, -0.05) is 35.5 Å². The van der Waals surface area contributed by atoms with Crippen LogP contribution in [0.3, 0.4) is 0 Å². The van der Waals surface area contributed by atoms with E-state index < -0.39 is 0 Å². The van der Waals surface area contributed by atoms with Crippen molar-refractivity contribution in [2.75, 3.05) is 19.7 Å². The number of hydrogen-bond donors (Lipinski definition) is 1. The maximum Gasteiger partial charge on any atom is 0.228 e. The van der Waals surface area contributed by atoms with Crippen LogP contribution in [0.4, 0.5) is 0 Å². The van der Waals surface area contributed by atoms with Crippen molar-refractivity contribution >= 4 is 0 Å². The average molecular weight is 301 g/mol. The summed E-state index contributed by atoms with van der Waals surface area (Å²) in [5.41, 5.74) is 0.976. The second kappa shape index (κ2) is 7.03. The summed E-state index contributed by atoms with van der Waals surface area (Å²) in [5, 5.41) is 13.4. The van der Waals surface area contributed by atoms with E-state index in [4.69, 9.17) is 4.52 Å². The van der Waals surface area contributed by atoms with Gasteiger partial charge in [-0.3, -0.25) is 4.90 Å². The van der Waals surface area contributed by atoms with Crippen LogP contribution in [0.25, 0.3) is 11.4 Å². The Bertz CT molecular complexity index is 585. The minimum atomic E-state index is 0.280. The summed E-state index contributed by atoms with van der Waals surface area (Å²) in [6, 6.07) is 10.4. The molecule has 1 fully saturated rings. The summed E-state index contributed by atoms with van der Waals surface area (Å²) in [7, 11) is 0. The molecular weight excluding hydrogens is 278 g/mol. The Morgan fingerprint density at radius 3 is 2.86 bits per heavy atom. The molecular formula is C17H23N3O2. The number of benzene rings is 1. The SMILES string of the molecule is CC1CCC(CO)CN1CCc1nc(-c2ccccc2)no1. The topological polar surface area (TPSA) is 62.4 Å². The van der Waals surface area contributed by atoms with E-state index in [2.05, 4.69) is 22.0 Å². The van der Waals surface area contributed by atoms with Gasteiger partial charge in [0.15, 0.2) is 0 Å². The van der Waals surface area contributed by atoms with Gasteiger partial charge in [0.2, 0.25) is 11.7 Å². The number of rotatable bonds is 5. The van der Waals surface area contributed by atoms with Crippen molar-refractivity contribution in [2.45, 2.75) is 32.2 Å². The fourth-order valence-electron chi connectivity index (χ4n) is 3.02. The van der Waals surface area contributed by atoms with Gasteiger partial charge in [0.05, 0.1) is 0 Å². The maximum atomic E-state index is 9.34. The molecule has 2 unspecified atom stereocenters. The molecule has 2 aromatic rings. The van der Waals surface area contributed by atoms with Crippen LogP contribution in [0.5, 0.6) is 0 Å². The van der Waals surface area contributed by atoms with Gasteiger partial charge in [-0.05, 0) is 25.7 Å². The summed E-state index contributed by atoms with van der Waals surface area (Å²) >= 11 is 0. The summed E-state index contributed by atoms with van der Waals surface area (Å²) < 4.78 is 5.36. The highest BCUT2D eigenvalue weighted by Gasteiger charge is 2.25. The van der Waals surface area contributed by atoms with Crippen LogP contribution in [0.2, 0.25) is 0 Å². The minimum absolute atomic E-state index is 0.280. The van der Waals surface area contributed by atoms with E-state index in [1.54, 1.807) is 0 Å². The fourth-order valence-corrected chi connectivity index (χ4v) is 3.02. The molecule has 1 aliphatic heterocycles. The van der Waals surface area contributed by atoms with Crippen molar-refractivity contribution < 1.29 is 9.63 Å². The quantitative estimate of drug-likeness (QED) is 0.918. The first kappa shape index (κ1) is 15.2. The number of aliphatic hydroxyl groups is 1. The van der Waals surface area contributed by atoms with Crippen LogP contribution < -0.4 is 0 Å². The highest BCUT2D eigenvalue weighted by Crippen LogP contribution is 2.22. The van der Waals surface area contributed by atoms with Crippen LogP contribution in [-0.4, -0.2) is 45.9 Å². The number of likely N-dealkylation sites (tertiary alicyclic amines) is 1. The van der Waals surface area contributed by atoms with Crippen LogP contribution in [-0.2, 0) is 6.42 Å². The lowest BCUT2D eigenvalue weighted by Crippen LogP contribution is -2.43. The zero-order valence-corrected chi connectivity index (χ0v) is 13.0. The van der Waals surface area contributed by atoms with Gasteiger partial charge in [-0.2, -0.15) is 4.98 Å². The molecule has 0 spiro atoms. The third-order valence-electron chi connectivity index (χ3n) is 4.48. The number of hydrogen-bond acceptors (Lipinski definition) is 5. The summed E-state index contributed by atoms with van der Waals surface area (Å²) in [6.07, 6.45) is 3.01. The first-order valence-corrected chi connectivity index (χ1v) is 7.99. The molecule has 2 atom stereocenters. The van der Waals surface area contributed by atoms with Crippen LogP contribution in [0, 0.1) is 5.92 Å². The van der Waals surface area contributed by atoms with E-state index in [1.165, 1.54) is 0 Å². The van der Waals surface area contributed by atoms with Gasteiger partial charge >= 0.3 is 0 Å². The second-order valence-electron chi connectivity index (χ2n) is 6.10.